The molecule has 37 heavy (non-hydrogen) atoms. The van der Waals surface area contributed by atoms with Gasteiger partial charge in [-0.25, -0.2) is 0 Å². The number of rotatable bonds is 8. The molecule has 0 radical (unpaired) electrons. The molecular weight excluding hydrogens is 550 g/mol. The van der Waals surface area contributed by atoms with Crippen molar-refractivity contribution in [2.24, 2.45) is 0 Å². The second kappa shape index (κ2) is 11.2. The Balaban J connectivity index is 1.38. The first-order valence-corrected chi connectivity index (χ1v) is 13.5. The van der Waals surface area contributed by atoms with Crippen LogP contribution in [0, 0.1) is 0 Å². The van der Waals surface area contributed by atoms with Gasteiger partial charge in [-0.3, -0.25) is 14.5 Å². The van der Waals surface area contributed by atoms with Crippen molar-refractivity contribution in [3.05, 3.63) is 111 Å². The molecule has 1 saturated heterocycles. The number of halogens is 1. The molecule has 7 heteroatoms. The van der Waals surface area contributed by atoms with Crippen LogP contribution in [0.5, 0.6) is 11.5 Å². The standard InChI is InChI=1S/C30H24BrNO4S/c1-2-35-26-16-21(17-27-29(33)32(30(34)37-27)18-20-9-4-3-5-10-20)15-25(31)28(26)36-19-23-13-8-12-22-11-6-7-14-24(22)23/h3-17H,2,18-19H2,1H3/b27-17+. The van der Waals surface area contributed by atoms with Crippen LogP contribution in [0.15, 0.2) is 94.3 Å². The molecule has 0 N–H and O–H groups in total. The third-order valence-electron chi connectivity index (χ3n) is 5.94. The first kappa shape index (κ1) is 25.1. The van der Waals surface area contributed by atoms with Gasteiger partial charge in [-0.2, -0.15) is 0 Å². The number of imide groups is 1. The molecule has 0 spiro atoms. The Bertz CT molecular complexity index is 1500. The smallest absolute Gasteiger partial charge is 0.293 e. The molecule has 0 aliphatic carbocycles. The molecule has 1 fully saturated rings. The zero-order valence-corrected chi connectivity index (χ0v) is 22.6. The van der Waals surface area contributed by atoms with E-state index >= 15 is 0 Å². The van der Waals surface area contributed by atoms with Gasteiger partial charge < -0.3 is 9.47 Å². The molecule has 0 unspecified atom stereocenters. The number of nitrogens with zero attached hydrogens (tertiary/aromatic N) is 1. The third kappa shape index (κ3) is 5.58. The van der Waals surface area contributed by atoms with Gasteiger partial charge in [0.25, 0.3) is 11.1 Å². The summed E-state index contributed by atoms with van der Waals surface area (Å²) in [4.78, 5) is 27.2. The average molecular weight is 574 g/mol. The molecule has 0 saturated carbocycles. The van der Waals surface area contributed by atoms with Crippen molar-refractivity contribution < 1.29 is 19.1 Å². The second-order valence-electron chi connectivity index (χ2n) is 8.44. The molecule has 5 rings (SSSR count). The number of thioether (sulfide) groups is 1. The van der Waals surface area contributed by atoms with Gasteiger partial charge in [0.1, 0.15) is 6.61 Å². The Kier molecular flexibility index (Phi) is 7.63. The van der Waals surface area contributed by atoms with Crippen molar-refractivity contribution in [3.63, 3.8) is 0 Å². The number of hydrogen-bond donors (Lipinski definition) is 0. The quantitative estimate of drug-likeness (QED) is 0.201. The molecule has 186 valence electrons. The minimum Gasteiger partial charge on any atom is -0.490 e. The monoisotopic (exact) mass is 573 g/mol. The predicted molar refractivity (Wildman–Crippen MR) is 152 cm³/mol. The van der Waals surface area contributed by atoms with E-state index in [1.807, 2.05) is 67.6 Å². The summed E-state index contributed by atoms with van der Waals surface area (Å²) in [5.74, 6) is 0.847. The van der Waals surface area contributed by atoms with E-state index in [4.69, 9.17) is 9.47 Å². The fraction of sp³-hybridized carbons (Fsp3) is 0.133. The van der Waals surface area contributed by atoms with Gasteiger partial charge >= 0.3 is 0 Å². The van der Waals surface area contributed by atoms with E-state index in [0.29, 0.717) is 34.1 Å². The van der Waals surface area contributed by atoms with Crippen molar-refractivity contribution in [3.8, 4) is 11.5 Å². The van der Waals surface area contributed by atoms with Crippen LogP contribution < -0.4 is 9.47 Å². The van der Waals surface area contributed by atoms with Crippen LogP contribution in [-0.4, -0.2) is 22.7 Å². The van der Waals surface area contributed by atoms with Crippen LogP contribution in [-0.2, 0) is 17.9 Å². The summed E-state index contributed by atoms with van der Waals surface area (Å²) in [7, 11) is 0. The largest absolute Gasteiger partial charge is 0.490 e. The van der Waals surface area contributed by atoms with E-state index in [9.17, 15) is 9.59 Å². The van der Waals surface area contributed by atoms with Crippen LogP contribution in [0.4, 0.5) is 4.79 Å². The highest BCUT2D eigenvalue weighted by atomic mass is 79.9. The van der Waals surface area contributed by atoms with Gasteiger partial charge in [0.05, 0.1) is 22.5 Å². The molecule has 1 aliphatic heterocycles. The van der Waals surface area contributed by atoms with Gasteiger partial charge in [0.15, 0.2) is 11.5 Å². The van der Waals surface area contributed by atoms with E-state index < -0.39 is 0 Å². The van der Waals surface area contributed by atoms with Crippen molar-refractivity contribution in [2.45, 2.75) is 20.1 Å². The zero-order valence-electron chi connectivity index (χ0n) is 20.1. The number of fused-ring (bicyclic) bond motifs is 1. The number of hydrogen-bond acceptors (Lipinski definition) is 5. The summed E-state index contributed by atoms with van der Waals surface area (Å²) in [5.41, 5.74) is 2.71. The lowest BCUT2D eigenvalue weighted by Crippen LogP contribution is -2.27. The number of ether oxygens (including phenoxy) is 2. The highest BCUT2D eigenvalue weighted by Gasteiger charge is 2.35. The van der Waals surface area contributed by atoms with Gasteiger partial charge in [-0.15, -0.1) is 0 Å². The lowest BCUT2D eigenvalue weighted by molar-refractivity contribution is -0.123. The van der Waals surface area contributed by atoms with Crippen molar-refractivity contribution in [1.82, 2.24) is 4.90 Å². The number of amides is 2. The SMILES string of the molecule is CCOc1cc(/C=C2/SC(=O)N(Cc3ccccc3)C2=O)cc(Br)c1OCc1cccc2ccccc12. The highest BCUT2D eigenvalue weighted by molar-refractivity contribution is 9.10. The molecule has 0 bridgehead atoms. The Hall–Kier alpha value is -3.55. The van der Waals surface area contributed by atoms with Gasteiger partial charge in [-0.05, 0) is 80.3 Å². The Labute approximate surface area is 228 Å². The summed E-state index contributed by atoms with van der Waals surface area (Å²) >= 11 is 4.57. The molecular formula is C30H24BrNO4S. The summed E-state index contributed by atoms with van der Waals surface area (Å²) in [5, 5.41) is 2.02. The van der Waals surface area contributed by atoms with E-state index in [-0.39, 0.29) is 17.7 Å². The third-order valence-corrected chi connectivity index (χ3v) is 7.43. The molecule has 4 aromatic carbocycles. The minimum atomic E-state index is -0.302. The Morgan fingerprint density at radius 3 is 2.49 bits per heavy atom. The molecule has 1 aliphatic rings. The summed E-state index contributed by atoms with van der Waals surface area (Å²) in [6.45, 7) is 2.98. The predicted octanol–water partition coefficient (Wildman–Crippen LogP) is 7.82. The topological polar surface area (TPSA) is 55.8 Å². The Morgan fingerprint density at radius 2 is 1.68 bits per heavy atom. The van der Waals surface area contributed by atoms with Crippen molar-refractivity contribution >= 4 is 55.7 Å². The fourth-order valence-corrected chi connectivity index (χ4v) is 5.61. The lowest BCUT2D eigenvalue weighted by Gasteiger charge is -2.16. The average Bonchev–Trinajstić information content (AvgIpc) is 3.16. The molecule has 0 aromatic heterocycles. The van der Waals surface area contributed by atoms with E-state index in [0.717, 1.165) is 39.2 Å². The summed E-state index contributed by atoms with van der Waals surface area (Å²) in [6.07, 6.45) is 1.72. The second-order valence-corrected chi connectivity index (χ2v) is 10.3. The molecule has 1 heterocycles. The van der Waals surface area contributed by atoms with Crippen LogP contribution >= 0.6 is 27.7 Å². The first-order valence-electron chi connectivity index (χ1n) is 11.9. The summed E-state index contributed by atoms with van der Waals surface area (Å²) < 4.78 is 12.8. The van der Waals surface area contributed by atoms with Crippen LogP contribution in [0.1, 0.15) is 23.6 Å². The van der Waals surface area contributed by atoms with Crippen LogP contribution in [0.2, 0.25) is 0 Å². The molecule has 0 atom stereocenters. The maximum atomic E-state index is 13.0. The van der Waals surface area contributed by atoms with Crippen LogP contribution in [0.3, 0.4) is 0 Å². The van der Waals surface area contributed by atoms with E-state index in [1.54, 1.807) is 6.08 Å². The molecule has 5 nitrogen and oxygen atoms in total. The summed E-state index contributed by atoms with van der Waals surface area (Å²) in [6, 6.07) is 27.5. The van der Waals surface area contributed by atoms with Crippen molar-refractivity contribution in [1.29, 1.82) is 0 Å². The van der Waals surface area contributed by atoms with Crippen LogP contribution in [0.25, 0.3) is 16.8 Å². The highest BCUT2D eigenvalue weighted by Crippen LogP contribution is 2.40. The zero-order chi connectivity index (χ0) is 25.8. The fourth-order valence-electron chi connectivity index (χ4n) is 4.20. The maximum Gasteiger partial charge on any atom is 0.293 e. The lowest BCUT2D eigenvalue weighted by atomic mass is 10.1. The van der Waals surface area contributed by atoms with E-state index in [2.05, 4.69) is 40.2 Å². The maximum absolute atomic E-state index is 13.0. The molecule has 4 aromatic rings. The van der Waals surface area contributed by atoms with E-state index in [1.165, 1.54) is 4.90 Å². The number of carbonyl (C=O) groups excluding carboxylic acids is 2. The van der Waals surface area contributed by atoms with Gasteiger partial charge in [0, 0.05) is 0 Å². The molecule has 2 amide bonds. The number of carbonyl (C=O) groups is 2. The van der Waals surface area contributed by atoms with Gasteiger partial charge in [0.2, 0.25) is 0 Å². The van der Waals surface area contributed by atoms with Gasteiger partial charge in [-0.1, -0.05) is 72.8 Å². The minimum absolute atomic E-state index is 0.248. The number of benzene rings is 4. The van der Waals surface area contributed by atoms with Crippen molar-refractivity contribution in [2.75, 3.05) is 6.61 Å². The Morgan fingerprint density at radius 1 is 0.919 bits per heavy atom. The first-order chi connectivity index (χ1) is 18.0. The normalized spacial score (nSPS) is 14.5.